The van der Waals surface area contributed by atoms with Crippen molar-refractivity contribution in [1.29, 1.82) is 0 Å². The van der Waals surface area contributed by atoms with Gasteiger partial charge in [0.05, 0.1) is 7.11 Å². The summed E-state index contributed by atoms with van der Waals surface area (Å²) in [7, 11) is 1.66. The minimum Gasteiger partial charge on any atom is -0.497 e. The van der Waals surface area contributed by atoms with Crippen molar-refractivity contribution in [3.63, 3.8) is 0 Å². The van der Waals surface area contributed by atoms with Gasteiger partial charge in [0.25, 0.3) is 0 Å². The summed E-state index contributed by atoms with van der Waals surface area (Å²) in [5.41, 5.74) is 7.88. The lowest BCUT2D eigenvalue weighted by atomic mass is 10.1. The molecule has 0 amide bonds. The van der Waals surface area contributed by atoms with Crippen molar-refractivity contribution in [2.24, 2.45) is 5.73 Å². The molecule has 0 aliphatic rings. The molecule has 2 N–H and O–H groups in total. The molecule has 0 saturated carbocycles. The van der Waals surface area contributed by atoms with Crippen LogP contribution in [0.25, 0.3) is 0 Å². The first-order chi connectivity index (χ1) is 5.27. The van der Waals surface area contributed by atoms with Crippen LogP contribution in [0.4, 0.5) is 0 Å². The van der Waals surface area contributed by atoms with E-state index in [0.717, 1.165) is 11.3 Å². The summed E-state index contributed by atoms with van der Waals surface area (Å²) in [6, 6.07) is 5.92. The number of rotatable bonds is 2. The van der Waals surface area contributed by atoms with E-state index >= 15 is 0 Å². The summed E-state index contributed by atoms with van der Waals surface area (Å²) in [5.74, 6) is 0.871. The Bertz CT molecular complexity index is 245. The second kappa shape index (κ2) is 3.39. The minimum absolute atomic E-state index is 0.572. The van der Waals surface area contributed by atoms with Gasteiger partial charge in [-0.3, -0.25) is 0 Å². The lowest BCUT2D eigenvalue weighted by Gasteiger charge is -2.04. The highest BCUT2D eigenvalue weighted by atomic mass is 16.5. The van der Waals surface area contributed by atoms with Gasteiger partial charge in [0.15, 0.2) is 0 Å². The van der Waals surface area contributed by atoms with Crippen LogP contribution in [0.15, 0.2) is 18.2 Å². The summed E-state index contributed by atoms with van der Waals surface area (Å²) in [6.07, 6.45) is 0. The second-order valence-corrected chi connectivity index (χ2v) is 2.50. The molecule has 1 aromatic rings. The SMILES string of the molecule is COc1ccc(C)c(CN)c1. The molecule has 0 heterocycles. The van der Waals surface area contributed by atoms with E-state index in [4.69, 9.17) is 10.5 Å². The minimum atomic E-state index is 0.572. The molecule has 0 aliphatic heterocycles. The fourth-order valence-electron chi connectivity index (χ4n) is 0.995. The van der Waals surface area contributed by atoms with Crippen LogP contribution >= 0.6 is 0 Å². The maximum Gasteiger partial charge on any atom is 0.119 e. The molecule has 1 aromatic carbocycles. The Balaban J connectivity index is 3.02. The fraction of sp³-hybridized carbons (Fsp3) is 0.333. The van der Waals surface area contributed by atoms with Gasteiger partial charge in [-0.2, -0.15) is 0 Å². The third kappa shape index (κ3) is 1.71. The smallest absolute Gasteiger partial charge is 0.119 e. The maximum absolute atomic E-state index is 5.52. The maximum atomic E-state index is 5.52. The Morgan fingerprint density at radius 1 is 1.45 bits per heavy atom. The molecule has 11 heavy (non-hydrogen) atoms. The van der Waals surface area contributed by atoms with E-state index in [1.54, 1.807) is 7.11 Å². The van der Waals surface area contributed by atoms with Crippen molar-refractivity contribution in [2.75, 3.05) is 7.11 Å². The lowest BCUT2D eigenvalue weighted by Crippen LogP contribution is -1.99. The van der Waals surface area contributed by atoms with E-state index < -0.39 is 0 Å². The van der Waals surface area contributed by atoms with Gasteiger partial charge in [0, 0.05) is 6.54 Å². The molecule has 0 fully saturated rings. The Hall–Kier alpha value is -1.02. The second-order valence-electron chi connectivity index (χ2n) is 2.50. The van der Waals surface area contributed by atoms with Crippen molar-refractivity contribution in [3.05, 3.63) is 29.3 Å². The zero-order chi connectivity index (χ0) is 8.27. The van der Waals surface area contributed by atoms with Crippen LogP contribution in [0.3, 0.4) is 0 Å². The Labute approximate surface area is 67.0 Å². The van der Waals surface area contributed by atoms with Crippen LogP contribution < -0.4 is 10.5 Å². The molecule has 0 spiro atoms. The highest BCUT2D eigenvalue weighted by molar-refractivity contribution is 5.34. The third-order valence-electron chi connectivity index (χ3n) is 1.78. The van der Waals surface area contributed by atoms with Crippen molar-refractivity contribution in [3.8, 4) is 5.75 Å². The predicted octanol–water partition coefficient (Wildman–Crippen LogP) is 1.46. The van der Waals surface area contributed by atoms with Crippen LogP contribution in [0, 0.1) is 6.92 Å². The number of benzene rings is 1. The average molecular weight is 151 g/mol. The van der Waals surface area contributed by atoms with Gasteiger partial charge in [-0.25, -0.2) is 0 Å². The van der Waals surface area contributed by atoms with Crippen LogP contribution in [0.2, 0.25) is 0 Å². The quantitative estimate of drug-likeness (QED) is 0.694. The highest BCUT2D eigenvalue weighted by Gasteiger charge is 1.96. The molecule has 0 aromatic heterocycles. The van der Waals surface area contributed by atoms with E-state index in [9.17, 15) is 0 Å². The molecule has 0 saturated heterocycles. The largest absolute Gasteiger partial charge is 0.497 e. The van der Waals surface area contributed by atoms with Crippen LogP contribution in [-0.4, -0.2) is 7.11 Å². The average Bonchev–Trinajstić information content (AvgIpc) is 2.05. The molecule has 0 atom stereocenters. The Morgan fingerprint density at radius 3 is 2.73 bits per heavy atom. The first-order valence-corrected chi connectivity index (χ1v) is 3.61. The van der Waals surface area contributed by atoms with Crippen molar-refractivity contribution < 1.29 is 4.74 Å². The molecule has 2 heteroatoms. The zero-order valence-corrected chi connectivity index (χ0v) is 6.92. The predicted molar refractivity (Wildman–Crippen MR) is 45.6 cm³/mol. The molecular formula is C9H13NO. The Kier molecular flexibility index (Phi) is 2.49. The lowest BCUT2D eigenvalue weighted by molar-refractivity contribution is 0.414. The van der Waals surface area contributed by atoms with E-state index in [2.05, 4.69) is 0 Å². The molecule has 0 aliphatic carbocycles. The number of hydrogen-bond acceptors (Lipinski definition) is 2. The third-order valence-corrected chi connectivity index (χ3v) is 1.78. The van der Waals surface area contributed by atoms with E-state index in [0.29, 0.717) is 6.54 Å². The molecule has 60 valence electrons. The normalized spacial score (nSPS) is 9.73. The number of hydrogen-bond donors (Lipinski definition) is 1. The van der Waals surface area contributed by atoms with E-state index in [1.807, 2.05) is 25.1 Å². The zero-order valence-electron chi connectivity index (χ0n) is 6.92. The summed E-state index contributed by atoms with van der Waals surface area (Å²) in [4.78, 5) is 0. The highest BCUT2D eigenvalue weighted by Crippen LogP contribution is 2.15. The van der Waals surface area contributed by atoms with Crippen molar-refractivity contribution in [2.45, 2.75) is 13.5 Å². The first kappa shape index (κ1) is 8.08. The van der Waals surface area contributed by atoms with Crippen LogP contribution in [-0.2, 0) is 6.54 Å². The van der Waals surface area contributed by atoms with Gasteiger partial charge < -0.3 is 10.5 Å². The van der Waals surface area contributed by atoms with Gasteiger partial charge in [-0.15, -0.1) is 0 Å². The molecule has 0 unspecified atom stereocenters. The first-order valence-electron chi connectivity index (χ1n) is 3.61. The number of nitrogens with two attached hydrogens (primary N) is 1. The molecular weight excluding hydrogens is 138 g/mol. The van der Waals surface area contributed by atoms with Gasteiger partial charge in [0.2, 0.25) is 0 Å². The van der Waals surface area contributed by atoms with Crippen molar-refractivity contribution >= 4 is 0 Å². The molecule has 0 radical (unpaired) electrons. The van der Waals surface area contributed by atoms with Gasteiger partial charge in [0.1, 0.15) is 5.75 Å². The summed E-state index contributed by atoms with van der Waals surface area (Å²) >= 11 is 0. The number of methoxy groups -OCH3 is 1. The Morgan fingerprint density at radius 2 is 2.18 bits per heavy atom. The van der Waals surface area contributed by atoms with Gasteiger partial charge in [-0.05, 0) is 30.2 Å². The van der Waals surface area contributed by atoms with Crippen molar-refractivity contribution in [1.82, 2.24) is 0 Å². The molecule has 2 nitrogen and oxygen atoms in total. The van der Waals surface area contributed by atoms with Gasteiger partial charge in [-0.1, -0.05) is 6.07 Å². The summed E-state index contributed by atoms with van der Waals surface area (Å²) in [6.45, 7) is 2.62. The topological polar surface area (TPSA) is 35.2 Å². The number of ether oxygens (including phenoxy) is 1. The van der Waals surface area contributed by atoms with E-state index in [1.165, 1.54) is 5.56 Å². The molecule has 1 rings (SSSR count). The van der Waals surface area contributed by atoms with Crippen LogP contribution in [0.1, 0.15) is 11.1 Å². The number of aryl methyl sites for hydroxylation is 1. The van der Waals surface area contributed by atoms with Gasteiger partial charge >= 0.3 is 0 Å². The fourth-order valence-corrected chi connectivity index (χ4v) is 0.995. The standard InChI is InChI=1S/C9H13NO/c1-7-3-4-9(11-2)5-8(7)6-10/h3-5H,6,10H2,1-2H3. The molecule has 0 bridgehead atoms. The summed E-state index contributed by atoms with van der Waals surface area (Å²) in [5, 5.41) is 0. The van der Waals surface area contributed by atoms with E-state index in [-0.39, 0.29) is 0 Å². The summed E-state index contributed by atoms with van der Waals surface area (Å²) < 4.78 is 5.06. The monoisotopic (exact) mass is 151 g/mol. The van der Waals surface area contributed by atoms with Crippen LogP contribution in [0.5, 0.6) is 5.75 Å².